The average molecular weight is 472 g/mol. The van der Waals surface area contributed by atoms with Gasteiger partial charge in [0.15, 0.2) is 0 Å². The molecule has 1 aromatic heterocycles. The molecule has 35 heavy (non-hydrogen) atoms. The summed E-state index contributed by atoms with van der Waals surface area (Å²) in [4.78, 5) is 25.4. The van der Waals surface area contributed by atoms with Gasteiger partial charge in [0.25, 0.3) is 0 Å². The molecule has 1 heterocycles. The van der Waals surface area contributed by atoms with Gasteiger partial charge in [0.2, 0.25) is 11.8 Å². The van der Waals surface area contributed by atoms with Crippen molar-refractivity contribution in [3.63, 3.8) is 0 Å². The van der Waals surface area contributed by atoms with Crippen LogP contribution in [-0.4, -0.2) is 16.4 Å². The van der Waals surface area contributed by atoms with Crippen LogP contribution in [0, 0.1) is 17.8 Å². The molecule has 0 bridgehead atoms. The number of fused-ring (bicyclic) bond motifs is 1. The van der Waals surface area contributed by atoms with Crippen LogP contribution in [0.15, 0.2) is 48.5 Å². The van der Waals surface area contributed by atoms with Crippen LogP contribution >= 0.6 is 0 Å². The van der Waals surface area contributed by atoms with Gasteiger partial charge in [0, 0.05) is 46.9 Å². The fraction of sp³-hybridized carbons (Fsp3) is 0.467. The molecular formula is C30H37N3O2. The summed E-state index contributed by atoms with van der Waals surface area (Å²) < 4.78 is 2.18. The largest absolute Gasteiger partial charge is 0.344 e. The summed E-state index contributed by atoms with van der Waals surface area (Å²) in [6.45, 7) is 2.19. The molecule has 2 aliphatic rings. The highest BCUT2D eigenvalue weighted by atomic mass is 16.2. The van der Waals surface area contributed by atoms with E-state index in [1.54, 1.807) is 0 Å². The molecule has 2 atom stereocenters. The fourth-order valence-corrected chi connectivity index (χ4v) is 5.98. The third kappa shape index (κ3) is 5.14. The zero-order chi connectivity index (χ0) is 24.4. The highest BCUT2D eigenvalue weighted by Gasteiger charge is 2.27. The standard InChI is InChI=1S/C30H37N3O2/c1-20-8-6-7-11-26(20)30(35)31-24-14-12-21(13-15-24)28-19-23-18-25(16-17-27(23)33(28)2)32-29(34)22-9-4-3-5-10-22/h12-20,22,26H,3-11H2,1-2H3,(H,31,35)(H,32,34). The lowest BCUT2D eigenvalue weighted by Crippen LogP contribution is -2.30. The number of hydrogen-bond donors (Lipinski definition) is 2. The van der Waals surface area contributed by atoms with Crippen molar-refractivity contribution in [2.24, 2.45) is 24.8 Å². The van der Waals surface area contributed by atoms with Crippen LogP contribution < -0.4 is 10.6 Å². The van der Waals surface area contributed by atoms with E-state index in [9.17, 15) is 9.59 Å². The Balaban J connectivity index is 1.29. The Morgan fingerprint density at radius 1 is 0.771 bits per heavy atom. The Morgan fingerprint density at radius 2 is 1.43 bits per heavy atom. The summed E-state index contributed by atoms with van der Waals surface area (Å²) in [6.07, 6.45) is 10.1. The molecule has 2 unspecified atom stereocenters. The number of carbonyl (C=O) groups is 2. The van der Waals surface area contributed by atoms with Crippen molar-refractivity contribution in [1.29, 1.82) is 0 Å². The number of nitrogens with one attached hydrogen (secondary N) is 2. The van der Waals surface area contributed by atoms with Gasteiger partial charge in [-0.25, -0.2) is 0 Å². The first-order valence-corrected chi connectivity index (χ1v) is 13.3. The van der Waals surface area contributed by atoms with Crippen molar-refractivity contribution in [1.82, 2.24) is 4.57 Å². The van der Waals surface area contributed by atoms with Crippen LogP contribution in [0.4, 0.5) is 11.4 Å². The quantitative estimate of drug-likeness (QED) is 0.416. The van der Waals surface area contributed by atoms with E-state index < -0.39 is 0 Å². The third-order valence-electron chi connectivity index (χ3n) is 8.18. The van der Waals surface area contributed by atoms with Crippen LogP contribution in [0.25, 0.3) is 22.2 Å². The van der Waals surface area contributed by atoms with Gasteiger partial charge in [0.05, 0.1) is 0 Å². The lowest BCUT2D eigenvalue weighted by molar-refractivity contribution is -0.122. The molecule has 2 amide bonds. The highest BCUT2D eigenvalue weighted by molar-refractivity contribution is 5.97. The number of amides is 2. The molecule has 5 heteroatoms. The Kier molecular flexibility index (Phi) is 6.94. The van der Waals surface area contributed by atoms with Crippen LogP contribution in [0.3, 0.4) is 0 Å². The topological polar surface area (TPSA) is 63.1 Å². The summed E-state index contributed by atoms with van der Waals surface area (Å²) in [5, 5.41) is 7.37. The maximum atomic E-state index is 12.8. The minimum atomic E-state index is 0.120. The number of anilines is 2. The normalized spacial score (nSPS) is 21.1. The number of benzene rings is 2. The number of nitrogens with zero attached hydrogens (tertiary/aromatic N) is 1. The summed E-state index contributed by atoms with van der Waals surface area (Å²) in [5.74, 6) is 1.02. The lowest BCUT2D eigenvalue weighted by Gasteiger charge is -2.27. The lowest BCUT2D eigenvalue weighted by atomic mass is 9.80. The summed E-state index contributed by atoms with van der Waals surface area (Å²) >= 11 is 0. The molecular weight excluding hydrogens is 434 g/mol. The third-order valence-corrected chi connectivity index (χ3v) is 8.18. The van der Waals surface area contributed by atoms with Crippen LogP contribution in [-0.2, 0) is 16.6 Å². The van der Waals surface area contributed by atoms with Gasteiger partial charge in [0.1, 0.15) is 0 Å². The van der Waals surface area contributed by atoms with Crippen molar-refractivity contribution >= 4 is 34.1 Å². The van der Waals surface area contributed by atoms with Crippen LogP contribution in [0.2, 0.25) is 0 Å². The minimum absolute atomic E-state index is 0.120. The van der Waals surface area contributed by atoms with Gasteiger partial charge >= 0.3 is 0 Å². The van der Waals surface area contributed by atoms with E-state index in [4.69, 9.17) is 0 Å². The number of aryl methyl sites for hydroxylation is 1. The van der Waals surface area contributed by atoms with E-state index in [2.05, 4.69) is 59.5 Å². The molecule has 5 rings (SSSR count). The summed E-state index contributed by atoms with van der Waals surface area (Å²) in [7, 11) is 2.07. The molecule has 0 spiro atoms. The molecule has 5 nitrogen and oxygen atoms in total. The molecule has 2 aliphatic carbocycles. The maximum absolute atomic E-state index is 12.8. The van der Waals surface area contributed by atoms with Crippen molar-refractivity contribution < 1.29 is 9.59 Å². The van der Waals surface area contributed by atoms with E-state index in [0.29, 0.717) is 5.92 Å². The molecule has 2 saturated carbocycles. The monoisotopic (exact) mass is 471 g/mol. The van der Waals surface area contributed by atoms with Crippen molar-refractivity contribution in [2.75, 3.05) is 10.6 Å². The van der Waals surface area contributed by atoms with Gasteiger partial charge in [-0.1, -0.05) is 51.2 Å². The Labute approximate surface area is 208 Å². The van der Waals surface area contributed by atoms with E-state index in [-0.39, 0.29) is 23.7 Å². The molecule has 0 saturated heterocycles. The molecule has 0 radical (unpaired) electrons. The van der Waals surface area contributed by atoms with Crippen molar-refractivity contribution in [2.45, 2.75) is 64.7 Å². The van der Waals surface area contributed by atoms with E-state index in [0.717, 1.165) is 78.5 Å². The second-order valence-electron chi connectivity index (χ2n) is 10.6. The molecule has 0 aliphatic heterocycles. The van der Waals surface area contributed by atoms with Crippen molar-refractivity contribution in [3.8, 4) is 11.3 Å². The smallest absolute Gasteiger partial charge is 0.227 e. The maximum Gasteiger partial charge on any atom is 0.227 e. The Morgan fingerprint density at radius 3 is 2.17 bits per heavy atom. The predicted molar refractivity (Wildman–Crippen MR) is 143 cm³/mol. The Hall–Kier alpha value is -3.08. The van der Waals surface area contributed by atoms with E-state index in [1.807, 2.05) is 18.2 Å². The van der Waals surface area contributed by atoms with Gasteiger partial charge in [-0.2, -0.15) is 0 Å². The highest BCUT2D eigenvalue weighted by Crippen LogP contribution is 2.32. The first-order valence-electron chi connectivity index (χ1n) is 13.3. The van der Waals surface area contributed by atoms with Gasteiger partial charge in [-0.3, -0.25) is 9.59 Å². The van der Waals surface area contributed by atoms with Crippen LogP contribution in [0.5, 0.6) is 0 Å². The second kappa shape index (κ2) is 10.3. The number of rotatable bonds is 5. The summed E-state index contributed by atoms with van der Waals surface area (Å²) in [6, 6.07) is 16.4. The van der Waals surface area contributed by atoms with Gasteiger partial charge in [-0.15, -0.1) is 0 Å². The second-order valence-corrected chi connectivity index (χ2v) is 10.6. The number of hydrogen-bond acceptors (Lipinski definition) is 2. The SMILES string of the molecule is CC1CCCCC1C(=O)Nc1ccc(-c2cc3cc(NC(=O)C4CCCCC4)ccc3n2C)cc1. The van der Waals surface area contributed by atoms with Gasteiger partial charge in [-0.05, 0) is 73.6 Å². The minimum Gasteiger partial charge on any atom is -0.344 e. The van der Waals surface area contributed by atoms with Gasteiger partial charge < -0.3 is 15.2 Å². The van der Waals surface area contributed by atoms with E-state index >= 15 is 0 Å². The number of carbonyl (C=O) groups excluding carboxylic acids is 2. The number of aromatic nitrogens is 1. The summed E-state index contributed by atoms with van der Waals surface area (Å²) in [5.41, 5.74) is 5.04. The Bertz CT molecular complexity index is 1200. The first kappa shape index (κ1) is 23.7. The molecule has 2 aromatic carbocycles. The first-order chi connectivity index (χ1) is 17.0. The molecule has 184 valence electrons. The molecule has 2 N–H and O–H groups in total. The predicted octanol–water partition coefficient (Wildman–Crippen LogP) is 7.13. The average Bonchev–Trinajstić information content (AvgIpc) is 3.20. The van der Waals surface area contributed by atoms with Crippen LogP contribution in [0.1, 0.15) is 64.7 Å². The zero-order valence-corrected chi connectivity index (χ0v) is 21.0. The molecule has 2 fully saturated rings. The van der Waals surface area contributed by atoms with Crippen molar-refractivity contribution in [3.05, 3.63) is 48.5 Å². The van der Waals surface area contributed by atoms with E-state index in [1.165, 1.54) is 12.8 Å². The zero-order valence-electron chi connectivity index (χ0n) is 21.0. The fourth-order valence-electron chi connectivity index (χ4n) is 5.98. The molecule has 3 aromatic rings.